The number of pyridine rings is 1. The van der Waals surface area contributed by atoms with Gasteiger partial charge in [-0.25, -0.2) is 0 Å². The minimum absolute atomic E-state index is 0.0880. The molecule has 0 aromatic carbocycles. The number of nitrogen functional groups attached to an aromatic ring is 1. The molecule has 0 aliphatic rings. The molecule has 0 bridgehead atoms. The Labute approximate surface area is 129 Å². The van der Waals surface area contributed by atoms with Crippen molar-refractivity contribution in [3.63, 3.8) is 0 Å². The first-order valence-electron chi connectivity index (χ1n) is 6.98. The Bertz CT molecular complexity index is 636. The highest BCUT2D eigenvalue weighted by Gasteiger charge is 2.22. The van der Waals surface area contributed by atoms with E-state index in [0.29, 0.717) is 22.0 Å². The Balaban J connectivity index is 2.23. The molecule has 6 heteroatoms. The van der Waals surface area contributed by atoms with Gasteiger partial charge >= 0.3 is 0 Å². The van der Waals surface area contributed by atoms with Crippen LogP contribution in [0.5, 0.6) is 0 Å². The summed E-state index contributed by atoms with van der Waals surface area (Å²) in [4.78, 5) is 19.4. The van der Waals surface area contributed by atoms with E-state index in [9.17, 15) is 4.79 Å². The number of thiophene rings is 1. The van der Waals surface area contributed by atoms with Gasteiger partial charge in [0.25, 0.3) is 5.91 Å². The minimum Gasteiger partial charge on any atom is -0.396 e. The van der Waals surface area contributed by atoms with Crippen molar-refractivity contribution in [3.8, 4) is 0 Å². The molecular weight excluding hydrogens is 284 g/mol. The monoisotopic (exact) mass is 306 g/mol. The summed E-state index contributed by atoms with van der Waals surface area (Å²) in [5.41, 5.74) is 7.25. The Morgan fingerprint density at radius 3 is 2.76 bits per heavy atom. The van der Waals surface area contributed by atoms with Crippen molar-refractivity contribution in [2.45, 2.75) is 19.9 Å². The van der Waals surface area contributed by atoms with Crippen molar-refractivity contribution < 1.29 is 4.79 Å². The summed E-state index contributed by atoms with van der Waals surface area (Å²) in [6, 6.07) is 3.87. The van der Waals surface area contributed by atoms with E-state index < -0.39 is 0 Å². The zero-order chi connectivity index (χ0) is 15.6. The number of carbonyl (C=O) groups excluding carboxylic acids is 1. The first-order valence-corrected chi connectivity index (χ1v) is 7.80. The average Bonchev–Trinajstić information content (AvgIpc) is 2.75. The summed E-state index contributed by atoms with van der Waals surface area (Å²) in [7, 11) is 4.00. The molecule has 0 saturated heterocycles. The summed E-state index contributed by atoms with van der Waals surface area (Å²) in [6.07, 6.45) is 1.69. The first kappa shape index (κ1) is 15.7. The number of rotatable bonds is 5. The molecule has 0 aliphatic heterocycles. The maximum Gasteiger partial charge on any atom is 0.263 e. The molecule has 0 fully saturated rings. The van der Waals surface area contributed by atoms with Gasteiger partial charge in [-0.2, -0.15) is 0 Å². The molecule has 1 amide bonds. The van der Waals surface area contributed by atoms with E-state index in [0.717, 1.165) is 11.2 Å². The van der Waals surface area contributed by atoms with E-state index in [1.165, 1.54) is 11.3 Å². The van der Waals surface area contributed by atoms with Crippen LogP contribution in [0.1, 0.15) is 23.5 Å². The van der Waals surface area contributed by atoms with Gasteiger partial charge in [0.05, 0.1) is 10.4 Å². The molecule has 5 nitrogen and oxygen atoms in total. The zero-order valence-electron chi connectivity index (χ0n) is 12.9. The van der Waals surface area contributed by atoms with Crippen molar-refractivity contribution in [3.05, 3.63) is 23.2 Å². The van der Waals surface area contributed by atoms with Gasteiger partial charge < -0.3 is 16.0 Å². The molecule has 114 valence electrons. The number of hydrogen-bond acceptors (Lipinski definition) is 5. The highest BCUT2D eigenvalue weighted by molar-refractivity contribution is 7.21. The van der Waals surface area contributed by atoms with Crippen LogP contribution in [0, 0.1) is 5.92 Å². The zero-order valence-corrected chi connectivity index (χ0v) is 13.7. The number of carbonyl (C=O) groups is 1. The maximum atomic E-state index is 12.5. The molecule has 2 aromatic heterocycles. The van der Waals surface area contributed by atoms with E-state index >= 15 is 0 Å². The molecule has 0 aliphatic carbocycles. The largest absolute Gasteiger partial charge is 0.396 e. The number of hydrogen-bond donors (Lipinski definition) is 2. The summed E-state index contributed by atoms with van der Waals surface area (Å²) in [5, 5.41) is 3.09. The lowest BCUT2D eigenvalue weighted by molar-refractivity contribution is 0.0921. The van der Waals surface area contributed by atoms with E-state index in [2.05, 4.69) is 29.0 Å². The van der Waals surface area contributed by atoms with Gasteiger partial charge in [0.15, 0.2) is 0 Å². The van der Waals surface area contributed by atoms with E-state index in [1.54, 1.807) is 6.20 Å². The topological polar surface area (TPSA) is 71.2 Å². The summed E-state index contributed by atoms with van der Waals surface area (Å²) in [6.45, 7) is 5.00. The van der Waals surface area contributed by atoms with Crippen LogP contribution >= 0.6 is 11.3 Å². The third kappa shape index (κ3) is 3.51. The van der Waals surface area contributed by atoms with Gasteiger partial charge in [0.2, 0.25) is 0 Å². The molecule has 2 aromatic rings. The lowest BCUT2D eigenvalue weighted by Gasteiger charge is -2.25. The van der Waals surface area contributed by atoms with Crippen LogP contribution in [-0.4, -0.2) is 42.5 Å². The Kier molecular flexibility index (Phi) is 4.80. The number of nitrogens with zero attached hydrogens (tertiary/aromatic N) is 2. The van der Waals surface area contributed by atoms with Crippen LogP contribution < -0.4 is 11.1 Å². The van der Waals surface area contributed by atoms with Gasteiger partial charge in [-0.05, 0) is 32.1 Å². The Morgan fingerprint density at radius 1 is 1.48 bits per heavy atom. The fourth-order valence-electron chi connectivity index (χ4n) is 2.17. The van der Waals surface area contributed by atoms with Gasteiger partial charge in [0.1, 0.15) is 10.4 Å². The fourth-order valence-corrected chi connectivity index (χ4v) is 3.15. The third-order valence-corrected chi connectivity index (χ3v) is 4.53. The summed E-state index contributed by atoms with van der Waals surface area (Å²) >= 11 is 1.39. The second-order valence-corrected chi connectivity index (χ2v) is 6.83. The summed E-state index contributed by atoms with van der Waals surface area (Å²) < 4.78 is 0.939. The molecule has 2 heterocycles. The molecule has 21 heavy (non-hydrogen) atoms. The molecule has 0 spiro atoms. The molecule has 3 N–H and O–H groups in total. The molecule has 0 radical (unpaired) electrons. The van der Waals surface area contributed by atoms with Crippen molar-refractivity contribution in [1.29, 1.82) is 0 Å². The number of nitrogens with two attached hydrogens (primary N) is 1. The standard InChI is InChI=1S/C15H22N4OS/c1-9(2)10(8-19(3)4)18-15(20)14-12(16)13-11(21-14)6-5-7-17-13/h5-7,9-10H,8,16H2,1-4H3,(H,18,20). The van der Waals surface area contributed by atoms with Crippen LogP contribution in [-0.2, 0) is 0 Å². The predicted molar refractivity (Wildman–Crippen MR) is 88.7 cm³/mol. The molecule has 1 unspecified atom stereocenters. The summed E-state index contributed by atoms with van der Waals surface area (Å²) in [5.74, 6) is 0.237. The van der Waals surface area contributed by atoms with Crippen LogP contribution in [0.3, 0.4) is 0 Å². The quantitative estimate of drug-likeness (QED) is 0.888. The van der Waals surface area contributed by atoms with Crippen LogP contribution in [0.15, 0.2) is 18.3 Å². The number of fused-ring (bicyclic) bond motifs is 1. The SMILES string of the molecule is CC(C)C(CN(C)C)NC(=O)c1sc2cccnc2c1N. The van der Waals surface area contributed by atoms with E-state index in [-0.39, 0.29) is 11.9 Å². The van der Waals surface area contributed by atoms with Gasteiger partial charge in [-0.15, -0.1) is 11.3 Å². The number of aromatic nitrogens is 1. The number of amides is 1. The highest BCUT2D eigenvalue weighted by Crippen LogP contribution is 2.31. The van der Waals surface area contributed by atoms with Gasteiger partial charge in [-0.1, -0.05) is 13.8 Å². The second kappa shape index (κ2) is 6.41. The molecule has 1 atom stereocenters. The smallest absolute Gasteiger partial charge is 0.263 e. The van der Waals surface area contributed by atoms with Crippen molar-refractivity contribution >= 4 is 33.1 Å². The van der Waals surface area contributed by atoms with E-state index in [1.807, 2.05) is 26.2 Å². The Morgan fingerprint density at radius 2 is 2.19 bits per heavy atom. The van der Waals surface area contributed by atoms with Crippen molar-refractivity contribution in [2.75, 3.05) is 26.4 Å². The second-order valence-electron chi connectivity index (χ2n) is 5.78. The molecular formula is C15H22N4OS. The minimum atomic E-state index is -0.115. The third-order valence-electron chi connectivity index (χ3n) is 3.37. The normalized spacial score (nSPS) is 13.0. The number of anilines is 1. The Hall–Kier alpha value is -1.66. The lowest BCUT2D eigenvalue weighted by Crippen LogP contribution is -2.44. The molecule has 0 saturated carbocycles. The van der Waals surface area contributed by atoms with Crippen molar-refractivity contribution in [2.24, 2.45) is 5.92 Å². The maximum absolute atomic E-state index is 12.5. The highest BCUT2D eigenvalue weighted by atomic mass is 32.1. The number of likely N-dealkylation sites (N-methyl/N-ethyl adjacent to an activating group) is 1. The van der Waals surface area contributed by atoms with Crippen LogP contribution in [0.25, 0.3) is 10.2 Å². The predicted octanol–water partition coefficient (Wildman–Crippen LogP) is 2.19. The van der Waals surface area contributed by atoms with Crippen LogP contribution in [0.4, 0.5) is 5.69 Å². The lowest BCUT2D eigenvalue weighted by atomic mass is 10.0. The van der Waals surface area contributed by atoms with E-state index in [4.69, 9.17) is 5.73 Å². The fraction of sp³-hybridized carbons (Fsp3) is 0.467. The first-order chi connectivity index (χ1) is 9.90. The average molecular weight is 306 g/mol. The number of nitrogens with one attached hydrogen (secondary N) is 1. The van der Waals surface area contributed by atoms with Crippen molar-refractivity contribution in [1.82, 2.24) is 15.2 Å². The molecule has 2 rings (SSSR count). The van der Waals surface area contributed by atoms with Crippen LogP contribution in [0.2, 0.25) is 0 Å². The van der Waals surface area contributed by atoms with Gasteiger partial charge in [-0.3, -0.25) is 9.78 Å². The van der Waals surface area contributed by atoms with Gasteiger partial charge in [0, 0.05) is 18.8 Å².